The number of nitrogens with zero attached hydrogens (tertiary/aromatic N) is 4. The monoisotopic (exact) mass is 388 g/mol. The van der Waals surface area contributed by atoms with Gasteiger partial charge >= 0.3 is 0 Å². The summed E-state index contributed by atoms with van der Waals surface area (Å²) < 4.78 is 5.34. The van der Waals surface area contributed by atoms with Crippen molar-refractivity contribution >= 4 is 17.6 Å². The van der Waals surface area contributed by atoms with E-state index in [4.69, 9.17) is 16.1 Å². The number of likely N-dealkylation sites (tertiary alicyclic amines) is 1. The van der Waals surface area contributed by atoms with Crippen LogP contribution in [0.4, 0.5) is 0 Å². The molecule has 4 rings (SSSR count). The number of hydrogen-bond donors (Lipinski definition) is 2. The lowest BCUT2D eigenvalue weighted by Gasteiger charge is -2.19. The van der Waals surface area contributed by atoms with Crippen molar-refractivity contribution in [3.63, 3.8) is 0 Å². The van der Waals surface area contributed by atoms with Crippen LogP contribution in [0.15, 0.2) is 33.8 Å². The van der Waals surface area contributed by atoms with Crippen LogP contribution in [0.3, 0.4) is 0 Å². The van der Waals surface area contributed by atoms with Crippen LogP contribution < -0.4 is 10.6 Å². The molecule has 27 heavy (non-hydrogen) atoms. The van der Waals surface area contributed by atoms with Crippen LogP contribution >= 0.6 is 11.6 Å². The molecule has 1 aliphatic heterocycles. The molecule has 144 valence electrons. The fourth-order valence-corrected chi connectivity index (χ4v) is 3.72. The van der Waals surface area contributed by atoms with Gasteiger partial charge in [-0.2, -0.15) is 4.98 Å². The van der Waals surface area contributed by atoms with E-state index in [-0.39, 0.29) is 0 Å². The minimum Gasteiger partial charge on any atom is -0.352 e. The van der Waals surface area contributed by atoms with Crippen molar-refractivity contribution in [2.75, 3.05) is 20.1 Å². The number of benzene rings is 1. The van der Waals surface area contributed by atoms with Crippen molar-refractivity contribution in [3.05, 3.63) is 35.2 Å². The first-order chi connectivity index (χ1) is 13.1. The van der Waals surface area contributed by atoms with Crippen molar-refractivity contribution in [2.24, 2.45) is 10.9 Å². The largest absolute Gasteiger partial charge is 0.352 e. The highest BCUT2D eigenvalue weighted by atomic mass is 35.5. The average Bonchev–Trinajstić information content (AvgIpc) is 3.30. The van der Waals surface area contributed by atoms with Crippen molar-refractivity contribution < 1.29 is 4.52 Å². The molecule has 1 saturated heterocycles. The number of aromatic nitrogens is 2. The number of nitrogens with one attached hydrogen (secondary N) is 2. The van der Waals surface area contributed by atoms with Gasteiger partial charge in [-0.3, -0.25) is 9.89 Å². The molecule has 0 amide bonds. The summed E-state index contributed by atoms with van der Waals surface area (Å²) in [5, 5.41) is 11.5. The topological polar surface area (TPSA) is 78.6 Å². The van der Waals surface area contributed by atoms with Crippen LogP contribution in [-0.4, -0.2) is 53.2 Å². The van der Waals surface area contributed by atoms with Crippen LogP contribution in [0, 0.1) is 5.92 Å². The summed E-state index contributed by atoms with van der Waals surface area (Å²) in [6, 6.07) is 8.61. The molecule has 2 unspecified atom stereocenters. The van der Waals surface area contributed by atoms with Crippen LogP contribution in [0.2, 0.25) is 5.02 Å². The Labute approximate surface area is 164 Å². The first-order valence-corrected chi connectivity index (χ1v) is 9.80. The third-order valence-electron chi connectivity index (χ3n) is 5.21. The summed E-state index contributed by atoms with van der Waals surface area (Å²) in [4.78, 5) is 11.3. The van der Waals surface area contributed by atoms with E-state index in [2.05, 4.69) is 37.6 Å². The number of aliphatic imine (C=N–C) groups is 1. The molecule has 1 aromatic carbocycles. The summed E-state index contributed by atoms with van der Waals surface area (Å²) in [5.74, 6) is 2.39. The van der Waals surface area contributed by atoms with Gasteiger partial charge in [-0.15, -0.1) is 0 Å². The molecule has 1 aromatic heterocycles. The maximum Gasteiger partial charge on any atom is 0.246 e. The third kappa shape index (κ3) is 4.42. The van der Waals surface area contributed by atoms with E-state index in [0.29, 0.717) is 35.2 Å². The smallest absolute Gasteiger partial charge is 0.246 e. The Kier molecular flexibility index (Phi) is 5.31. The van der Waals surface area contributed by atoms with Gasteiger partial charge < -0.3 is 15.2 Å². The maximum absolute atomic E-state index is 6.02. The molecule has 1 aliphatic carbocycles. The zero-order valence-electron chi connectivity index (χ0n) is 15.7. The van der Waals surface area contributed by atoms with E-state index in [1.807, 2.05) is 24.3 Å². The van der Waals surface area contributed by atoms with Gasteiger partial charge in [-0.1, -0.05) is 35.8 Å². The van der Waals surface area contributed by atoms with Crippen LogP contribution in [0.1, 0.15) is 25.7 Å². The molecule has 1 saturated carbocycles. The normalized spacial score (nSPS) is 23.6. The van der Waals surface area contributed by atoms with Gasteiger partial charge in [0.1, 0.15) is 0 Å². The Hall–Kier alpha value is -2.12. The number of hydrogen-bond acceptors (Lipinski definition) is 5. The van der Waals surface area contributed by atoms with Gasteiger partial charge in [0, 0.05) is 42.8 Å². The molecular weight excluding hydrogens is 364 g/mol. The van der Waals surface area contributed by atoms with Crippen molar-refractivity contribution in [2.45, 2.75) is 38.4 Å². The Morgan fingerprint density at radius 1 is 1.37 bits per heavy atom. The van der Waals surface area contributed by atoms with Gasteiger partial charge in [0.25, 0.3) is 0 Å². The van der Waals surface area contributed by atoms with Crippen LogP contribution in [0.5, 0.6) is 0 Å². The Balaban J connectivity index is 1.32. The quantitative estimate of drug-likeness (QED) is 0.605. The molecule has 2 aromatic rings. The predicted octanol–water partition coefficient (Wildman–Crippen LogP) is 2.54. The molecule has 0 spiro atoms. The fourth-order valence-electron chi connectivity index (χ4n) is 3.53. The first-order valence-electron chi connectivity index (χ1n) is 9.42. The Morgan fingerprint density at radius 3 is 2.96 bits per heavy atom. The molecule has 8 heteroatoms. The summed E-state index contributed by atoms with van der Waals surface area (Å²) in [7, 11) is 1.78. The molecular formula is C19H25ClN6O. The van der Waals surface area contributed by atoms with Gasteiger partial charge in [0.15, 0.2) is 5.96 Å². The summed E-state index contributed by atoms with van der Waals surface area (Å²) >= 11 is 6.02. The molecule has 2 aliphatic rings. The second-order valence-electron chi connectivity index (χ2n) is 7.36. The molecule has 2 fully saturated rings. The Morgan fingerprint density at radius 2 is 2.22 bits per heavy atom. The SMILES string of the molecule is CN=C(NCc1nc(-c2cccc(Cl)c2)no1)NC1CN(C2CC2)CC1C. The van der Waals surface area contributed by atoms with Crippen LogP contribution in [-0.2, 0) is 6.54 Å². The zero-order chi connectivity index (χ0) is 18.8. The van der Waals surface area contributed by atoms with E-state index in [9.17, 15) is 0 Å². The minimum atomic E-state index is 0.404. The molecule has 0 bridgehead atoms. The lowest BCUT2D eigenvalue weighted by molar-refractivity contribution is 0.315. The highest BCUT2D eigenvalue weighted by Gasteiger charge is 2.38. The third-order valence-corrected chi connectivity index (χ3v) is 5.44. The van der Waals surface area contributed by atoms with E-state index in [0.717, 1.165) is 30.7 Å². The highest BCUT2D eigenvalue weighted by molar-refractivity contribution is 6.30. The van der Waals surface area contributed by atoms with Gasteiger partial charge in [-0.05, 0) is 30.9 Å². The molecule has 0 radical (unpaired) electrons. The second-order valence-corrected chi connectivity index (χ2v) is 7.80. The van der Waals surface area contributed by atoms with Gasteiger partial charge in [-0.25, -0.2) is 0 Å². The van der Waals surface area contributed by atoms with Crippen molar-refractivity contribution in [1.82, 2.24) is 25.7 Å². The lowest BCUT2D eigenvalue weighted by atomic mass is 10.1. The van der Waals surface area contributed by atoms with Crippen molar-refractivity contribution in [1.29, 1.82) is 0 Å². The second kappa shape index (κ2) is 7.86. The first kappa shape index (κ1) is 18.3. The summed E-state index contributed by atoms with van der Waals surface area (Å²) in [6.07, 6.45) is 2.69. The minimum absolute atomic E-state index is 0.404. The van der Waals surface area contributed by atoms with Crippen LogP contribution in [0.25, 0.3) is 11.4 Å². The molecule has 2 N–H and O–H groups in total. The lowest BCUT2D eigenvalue weighted by Crippen LogP contribution is -2.46. The summed E-state index contributed by atoms with van der Waals surface area (Å²) in [6.45, 7) is 4.95. The maximum atomic E-state index is 6.02. The number of guanidine groups is 1. The Bertz CT molecular complexity index is 818. The highest BCUT2D eigenvalue weighted by Crippen LogP contribution is 2.31. The van der Waals surface area contributed by atoms with Gasteiger partial charge in [0.05, 0.1) is 6.54 Å². The number of rotatable bonds is 5. The van der Waals surface area contributed by atoms with E-state index < -0.39 is 0 Å². The standard InChI is InChI=1S/C19H25ClN6O/c1-12-10-26(15-6-7-15)11-16(12)23-19(21-2)22-9-17-24-18(25-27-17)13-4-3-5-14(20)8-13/h3-5,8,12,15-16H,6-7,9-11H2,1-2H3,(H2,21,22,23). The number of halogens is 1. The molecule has 2 heterocycles. The van der Waals surface area contributed by atoms with E-state index in [1.54, 1.807) is 7.05 Å². The molecule has 2 atom stereocenters. The van der Waals surface area contributed by atoms with E-state index in [1.165, 1.54) is 12.8 Å². The van der Waals surface area contributed by atoms with E-state index >= 15 is 0 Å². The fraction of sp³-hybridized carbons (Fsp3) is 0.526. The summed E-state index contributed by atoms with van der Waals surface area (Å²) in [5.41, 5.74) is 0.833. The predicted molar refractivity (Wildman–Crippen MR) is 106 cm³/mol. The van der Waals surface area contributed by atoms with Gasteiger partial charge in [0.2, 0.25) is 11.7 Å². The van der Waals surface area contributed by atoms with Crippen molar-refractivity contribution in [3.8, 4) is 11.4 Å². The zero-order valence-corrected chi connectivity index (χ0v) is 16.4. The average molecular weight is 389 g/mol. The molecule has 7 nitrogen and oxygen atoms in total.